The third-order valence-electron chi connectivity index (χ3n) is 7.50. The van der Waals surface area contributed by atoms with Gasteiger partial charge < -0.3 is 10.0 Å². The first-order valence-corrected chi connectivity index (χ1v) is 10.6. The van der Waals surface area contributed by atoms with Crippen molar-refractivity contribution in [2.24, 2.45) is 5.92 Å². The number of rotatable bonds is 3. The van der Waals surface area contributed by atoms with Crippen molar-refractivity contribution in [1.29, 1.82) is 0 Å². The maximum atomic E-state index is 9.48. The van der Waals surface area contributed by atoms with Gasteiger partial charge in [0.1, 0.15) is 0 Å². The summed E-state index contributed by atoms with van der Waals surface area (Å²) in [6, 6.07) is 2.28. The van der Waals surface area contributed by atoms with Gasteiger partial charge in [-0.15, -0.1) is 0 Å². The zero-order chi connectivity index (χ0) is 16.5. The Bertz CT molecular complexity index is 408. The van der Waals surface area contributed by atoms with Gasteiger partial charge in [0.15, 0.2) is 0 Å². The molecule has 1 saturated heterocycles. The molecule has 0 aromatic heterocycles. The molecule has 136 valence electrons. The van der Waals surface area contributed by atoms with Gasteiger partial charge in [0.2, 0.25) is 0 Å². The number of hydrogen-bond acceptors (Lipinski definition) is 4. The average molecular weight is 334 g/mol. The molecule has 4 aliphatic rings. The van der Waals surface area contributed by atoms with Crippen LogP contribution >= 0.6 is 0 Å². The van der Waals surface area contributed by atoms with Gasteiger partial charge in [0, 0.05) is 18.1 Å². The molecule has 1 heterocycles. The molecular formula is C19H35BN2O2. The van der Waals surface area contributed by atoms with Crippen LogP contribution in [0.1, 0.15) is 83.5 Å². The first kappa shape index (κ1) is 17.3. The molecule has 0 bridgehead atoms. The highest BCUT2D eigenvalue weighted by Crippen LogP contribution is 2.42. The summed E-state index contributed by atoms with van der Waals surface area (Å²) in [5, 5.41) is 23.0. The lowest BCUT2D eigenvalue weighted by molar-refractivity contribution is 0.0446. The fourth-order valence-corrected chi connectivity index (χ4v) is 6.19. The van der Waals surface area contributed by atoms with Crippen LogP contribution in [-0.4, -0.2) is 46.4 Å². The van der Waals surface area contributed by atoms with Gasteiger partial charge in [-0.05, 0) is 50.3 Å². The van der Waals surface area contributed by atoms with Crippen molar-refractivity contribution >= 4 is 7.12 Å². The second-order valence-electron chi connectivity index (χ2n) is 8.90. The quantitative estimate of drug-likeness (QED) is 0.695. The van der Waals surface area contributed by atoms with Crippen LogP contribution in [0.25, 0.3) is 0 Å². The Labute approximate surface area is 147 Å². The predicted octanol–water partition coefficient (Wildman–Crippen LogP) is 2.89. The summed E-state index contributed by atoms with van der Waals surface area (Å²) in [7, 11) is -1.11. The van der Waals surface area contributed by atoms with Crippen molar-refractivity contribution in [2.75, 3.05) is 0 Å². The van der Waals surface area contributed by atoms with Gasteiger partial charge in [-0.3, -0.25) is 10.2 Å². The molecule has 0 aromatic carbocycles. The third kappa shape index (κ3) is 3.42. The lowest BCUT2D eigenvalue weighted by atomic mass is 9.63. The Hall–Kier alpha value is -0.0951. The number of nitrogens with zero attached hydrogens (tertiary/aromatic N) is 1. The Kier molecular flexibility index (Phi) is 5.52. The molecule has 0 spiro atoms. The van der Waals surface area contributed by atoms with E-state index in [2.05, 4.69) is 10.2 Å². The van der Waals surface area contributed by atoms with Crippen LogP contribution in [0.5, 0.6) is 0 Å². The van der Waals surface area contributed by atoms with Gasteiger partial charge in [-0.1, -0.05) is 44.9 Å². The molecule has 5 heteroatoms. The Morgan fingerprint density at radius 3 is 2.12 bits per heavy atom. The SMILES string of the molecule is OB(O)C1CCC(C2NC3CCCCC3N2C2CCCCC2)CC1. The standard InChI is InChI=1S/C19H35BN2O2/c23-20(24)15-12-10-14(11-13-15)19-21-17-8-4-5-9-18(17)22(19)16-6-2-1-3-7-16/h14-19,21,23-24H,1-13H2. The van der Waals surface area contributed by atoms with Crippen LogP contribution in [0.15, 0.2) is 0 Å². The normalized spacial score (nSPS) is 42.0. The second-order valence-corrected chi connectivity index (χ2v) is 8.90. The minimum atomic E-state index is -1.11. The van der Waals surface area contributed by atoms with Gasteiger partial charge in [-0.25, -0.2) is 0 Å². The van der Waals surface area contributed by atoms with Crippen molar-refractivity contribution in [1.82, 2.24) is 10.2 Å². The van der Waals surface area contributed by atoms with E-state index in [0.717, 1.165) is 37.8 Å². The molecule has 0 amide bonds. The van der Waals surface area contributed by atoms with Gasteiger partial charge in [0.05, 0.1) is 6.17 Å². The molecule has 3 aliphatic carbocycles. The van der Waals surface area contributed by atoms with Gasteiger partial charge in [-0.2, -0.15) is 0 Å². The molecule has 4 fully saturated rings. The van der Waals surface area contributed by atoms with E-state index in [1.165, 1.54) is 57.8 Å². The van der Waals surface area contributed by atoms with E-state index in [-0.39, 0.29) is 5.82 Å². The van der Waals surface area contributed by atoms with E-state index in [1.54, 1.807) is 0 Å². The number of nitrogens with one attached hydrogen (secondary N) is 1. The van der Waals surface area contributed by atoms with E-state index in [9.17, 15) is 10.0 Å². The van der Waals surface area contributed by atoms with Crippen LogP contribution in [0, 0.1) is 5.92 Å². The zero-order valence-corrected chi connectivity index (χ0v) is 15.1. The van der Waals surface area contributed by atoms with Crippen LogP contribution in [0.4, 0.5) is 0 Å². The first-order valence-electron chi connectivity index (χ1n) is 10.6. The van der Waals surface area contributed by atoms with E-state index in [0.29, 0.717) is 18.1 Å². The summed E-state index contributed by atoms with van der Waals surface area (Å²) in [4.78, 5) is 2.93. The van der Waals surface area contributed by atoms with Crippen LogP contribution in [0.3, 0.4) is 0 Å². The predicted molar refractivity (Wildman–Crippen MR) is 97.6 cm³/mol. The number of fused-ring (bicyclic) bond motifs is 1. The average Bonchev–Trinajstić information content (AvgIpc) is 3.02. The fraction of sp³-hybridized carbons (Fsp3) is 1.00. The molecule has 0 radical (unpaired) electrons. The molecule has 1 aliphatic heterocycles. The molecule has 3 saturated carbocycles. The fourth-order valence-electron chi connectivity index (χ4n) is 6.19. The summed E-state index contributed by atoms with van der Waals surface area (Å²) < 4.78 is 0. The largest absolute Gasteiger partial charge is 0.454 e. The molecule has 0 aromatic rings. The second kappa shape index (κ2) is 7.65. The lowest BCUT2D eigenvalue weighted by Gasteiger charge is -2.43. The highest BCUT2D eigenvalue weighted by Gasteiger charge is 2.48. The Balaban J connectivity index is 1.47. The summed E-state index contributed by atoms with van der Waals surface area (Å²) in [6.07, 6.45) is 17.4. The maximum Gasteiger partial charge on any atom is 0.454 e. The number of hydrogen-bond donors (Lipinski definition) is 3. The van der Waals surface area contributed by atoms with Gasteiger partial charge >= 0.3 is 7.12 Å². The molecule has 4 rings (SSSR count). The highest BCUT2D eigenvalue weighted by molar-refractivity contribution is 6.43. The summed E-state index contributed by atoms with van der Waals surface area (Å²) in [6.45, 7) is 0. The monoisotopic (exact) mass is 334 g/mol. The molecule has 24 heavy (non-hydrogen) atoms. The lowest BCUT2D eigenvalue weighted by Crippen LogP contribution is -2.51. The summed E-state index contributed by atoms with van der Waals surface area (Å²) in [5.74, 6) is 0.806. The molecule has 3 N–H and O–H groups in total. The van der Waals surface area contributed by atoms with Crippen molar-refractivity contribution in [2.45, 2.75) is 114 Å². The van der Waals surface area contributed by atoms with E-state index < -0.39 is 7.12 Å². The van der Waals surface area contributed by atoms with Crippen molar-refractivity contribution < 1.29 is 10.0 Å². The van der Waals surface area contributed by atoms with Crippen LogP contribution in [0.2, 0.25) is 5.82 Å². The van der Waals surface area contributed by atoms with Crippen molar-refractivity contribution in [3.63, 3.8) is 0 Å². The Morgan fingerprint density at radius 2 is 1.42 bits per heavy atom. The van der Waals surface area contributed by atoms with E-state index in [1.807, 2.05) is 0 Å². The van der Waals surface area contributed by atoms with E-state index in [4.69, 9.17) is 0 Å². The maximum absolute atomic E-state index is 9.48. The topological polar surface area (TPSA) is 55.7 Å². The third-order valence-corrected chi connectivity index (χ3v) is 7.50. The molecule has 4 nitrogen and oxygen atoms in total. The summed E-state index contributed by atoms with van der Waals surface area (Å²) >= 11 is 0. The van der Waals surface area contributed by atoms with Crippen molar-refractivity contribution in [3.05, 3.63) is 0 Å². The minimum absolute atomic E-state index is 0.105. The van der Waals surface area contributed by atoms with Crippen LogP contribution < -0.4 is 5.32 Å². The first-order chi connectivity index (χ1) is 11.7. The Morgan fingerprint density at radius 1 is 0.750 bits per heavy atom. The molecule has 3 atom stereocenters. The molecule has 3 unspecified atom stereocenters. The highest BCUT2D eigenvalue weighted by atomic mass is 16.4. The van der Waals surface area contributed by atoms with Gasteiger partial charge in [0.25, 0.3) is 0 Å². The van der Waals surface area contributed by atoms with Crippen LogP contribution in [-0.2, 0) is 0 Å². The van der Waals surface area contributed by atoms with E-state index >= 15 is 0 Å². The minimum Gasteiger partial charge on any atom is -0.427 e. The van der Waals surface area contributed by atoms with Crippen molar-refractivity contribution in [3.8, 4) is 0 Å². The molecular weight excluding hydrogens is 299 g/mol. The smallest absolute Gasteiger partial charge is 0.427 e. The summed E-state index contributed by atoms with van der Waals surface area (Å²) in [5.41, 5.74) is 0. The zero-order valence-electron chi connectivity index (χ0n) is 15.1.